The van der Waals surface area contributed by atoms with Gasteiger partial charge in [0.1, 0.15) is 5.69 Å². The summed E-state index contributed by atoms with van der Waals surface area (Å²) in [6.45, 7) is 5.24. The molecule has 2 saturated heterocycles. The van der Waals surface area contributed by atoms with Gasteiger partial charge >= 0.3 is 0 Å². The molecule has 2 unspecified atom stereocenters. The van der Waals surface area contributed by atoms with Crippen LogP contribution < -0.4 is 0 Å². The highest BCUT2D eigenvalue weighted by Gasteiger charge is 2.35. The summed E-state index contributed by atoms with van der Waals surface area (Å²) in [6.07, 6.45) is 5.64. The Morgan fingerprint density at radius 3 is 3.00 bits per heavy atom. The van der Waals surface area contributed by atoms with Crippen molar-refractivity contribution >= 4 is 21.8 Å². The zero-order chi connectivity index (χ0) is 13.4. The normalized spacial score (nSPS) is 28.2. The SMILES string of the molecule is CC1CN2CCCCC2CN1C(=O)c1cc(Br)c[nH]1. The molecule has 2 aliphatic rings. The minimum atomic E-state index is 0.128. The van der Waals surface area contributed by atoms with Gasteiger partial charge in [0.15, 0.2) is 0 Å². The quantitative estimate of drug-likeness (QED) is 0.861. The van der Waals surface area contributed by atoms with Crippen molar-refractivity contribution in [3.63, 3.8) is 0 Å². The van der Waals surface area contributed by atoms with E-state index in [-0.39, 0.29) is 5.91 Å². The number of carbonyl (C=O) groups is 1. The molecule has 1 amide bonds. The van der Waals surface area contributed by atoms with Crippen LogP contribution in [0.25, 0.3) is 0 Å². The van der Waals surface area contributed by atoms with E-state index in [2.05, 4.69) is 32.7 Å². The standard InChI is InChI=1S/C14H20BrN3O/c1-10-8-17-5-3-2-4-12(17)9-18(10)14(19)13-6-11(15)7-16-13/h6-7,10,12,16H,2-5,8-9H2,1H3. The van der Waals surface area contributed by atoms with Crippen LogP contribution in [0.3, 0.4) is 0 Å². The monoisotopic (exact) mass is 325 g/mol. The molecule has 1 aromatic heterocycles. The van der Waals surface area contributed by atoms with Crippen molar-refractivity contribution < 1.29 is 4.79 Å². The number of carbonyl (C=O) groups excluding carboxylic acids is 1. The first-order chi connectivity index (χ1) is 9.15. The van der Waals surface area contributed by atoms with E-state index in [1.165, 1.54) is 25.8 Å². The second-order valence-corrected chi connectivity index (χ2v) is 6.60. The zero-order valence-electron chi connectivity index (χ0n) is 11.2. The number of nitrogens with zero attached hydrogens (tertiary/aromatic N) is 2. The maximum absolute atomic E-state index is 12.6. The van der Waals surface area contributed by atoms with Crippen molar-refractivity contribution in [2.24, 2.45) is 0 Å². The third-order valence-electron chi connectivity index (χ3n) is 4.33. The third kappa shape index (κ3) is 2.58. The second kappa shape index (κ2) is 5.29. The maximum atomic E-state index is 12.6. The molecule has 2 fully saturated rings. The van der Waals surface area contributed by atoms with E-state index in [0.717, 1.165) is 17.6 Å². The minimum Gasteiger partial charge on any atom is -0.356 e. The predicted molar refractivity (Wildman–Crippen MR) is 78.2 cm³/mol. The lowest BCUT2D eigenvalue weighted by Gasteiger charge is -2.47. The molecule has 1 N–H and O–H groups in total. The fourth-order valence-electron chi connectivity index (χ4n) is 3.28. The molecular weight excluding hydrogens is 306 g/mol. The Labute approximate surface area is 122 Å². The minimum absolute atomic E-state index is 0.128. The average molecular weight is 326 g/mol. The van der Waals surface area contributed by atoms with Gasteiger partial charge in [-0.15, -0.1) is 0 Å². The first kappa shape index (κ1) is 13.2. The van der Waals surface area contributed by atoms with Crippen molar-refractivity contribution in [2.75, 3.05) is 19.6 Å². The Morgan fingerprint density at radius 1 is 1.42 bits per heavy atom. The van der Waals surface area contributed by atoms with E-state index in [0.29, 0.717) is 17.8 Å². The summed E-state index contributed by atoms with van der Waals surface area (Å²) in [7, 11) is 0. The summed E-state index contributed by atoms with van der Waals surface area (Å²) >= 11 is 3.38. The number of nitrogens with one attached hydrogen (secondary N) is 1. The van der Waals surface area contributed by atoms with Crippen LogP contribution in [0.4, 0.5) is 0 Å². The fraction of sp³-hybridized carbons (Fsp3) is 0.643. The van der Waals surface area contributed by atoms with Crippen LogP contribution in [-0.2, 0) is 0 Å². The molecule has 2 atom stereocenters. The first-order valence-corrected chi connectivity index (χ1v) is 7.83. The topological polar surface area (TPSA) is 39.3 Å². The fourth-order valence-corrected chi connectivity index (χ4v) is 3.62. The lowest BCUT2D eigenvalue weighted by Crippen LogP contribution is -2.60. The number of amides is 1. The Kier molecular flexibility index (Phi) is 3.67. The molecule has 0 aromatic carbocycles. The molecule has 0 radical (unpaired) electrons. The Morgan fingerprint density at radius 2 is 2.26 bits per heavy atom. The highest BCUT2D eigenvalue weighted by molar-refractivity contribution is 9.10. The van der Waals surface area contributed by atoms with Crippen molar-refractivity contribution in [1.29, 1.82) is 0 Å². The highest BCUT2D eigenvalue weighted by atomic mass is 79.9. The zero-order valence-corrected chi connectivity index (χ0v) is 12.8. The van der Waals surface area contributed by atoms with Crippen LogP contribution in [-0.4, -0.2) is 52.4 Å². The van der Waals surface area contributed by atoms with Gasteiger partial charge in [0, 0.05) is 35.8 Å². The number of hydrogen-bond acceptors (Lipinski definition) is 2. The van der Waals surface area contributed by atoms with Gasteiger partial charge in [0.25, 0.3) is 5.91 Å². The average Bonchev–Trinajstić information content (AvgIpc) is 2.84. The Balaban J connectivity index is 1.75. The van der Waals surface area contributed by atoms with E-state index < -0.39 is 0 Å². The van der Waals surface area contributed by atoms with Crippen LogP contribution in [0.1, 0.15) is 36.7 Å². The molecule has 19 heavy (non-hydrogen) atoms. The highest BCUT2D eigenvalue weighted by Crippen LogP contribution is 2.25. The lowest BCUT2D eigenvalue weighted by atomic mass is 9.97. The van der Waals surface area contributed by atoms with Crippen LogP contribution in [0, 0.1) is 0 Å². The van der Waals surface area contributed by atoms with Gasteiger partial charge in [0.05, 0.1) is 0 Å². The molecule has 3 rings (SSSR count). The van der Waals surface area contributed by atoms with Crippen molar-refractivity contribution in [3.05, 3.63) is 22.4 Å². The lowest BCUT2D eigenvalue weighted by molar-refractivity contribution is 0.0148. The van der Waals surface area contributed by atoms with E-state index in [9.17, 15) is 4.79 Å². The van der Waals surface area contributed by atoms with Gasteiger partial charge in [-0.2, -0.15) is 0 Å². The number of H-pyrrole nitrogens is 1. The number of rotatable bonds is 1. The van der Waals surface area contributed by atoms with Gasteiger partial charge < -0.3 is 9.88 Å². The smallest absolute Gasteiger partial charge is 0.270 e. The molecule has 3 heterocycles. The van der Waals surface area contributed by atoms with Crippen LogP contribution in [0.15, 0.2) is 16.7 Å². The molecule has 2 aliphatic heterocycles. The molecule has 5 heteroatoms. The van der Waals surface area contributed by atoms with Gasteiger partial charge in [-0.1, -0.05) is 6.42 Å². The van der Waals surface area contributed by atoms with E-state index >= 15 is 0 Å². The van der Waals surface area contributed by atoms with E-state index in [1.807, 2.05) is 17.2 Å². The predicted octanol–water partition coefficient (Wildman–Crippen LogP) is 2.48. The summed E-state index contributed by atoms with van der Waals surface area (Å²) in [5, 5.41) is 0. The molecule has 0 spiro atoms. The number of fused-ring (bicyclic) bond motifs is 1. The van der Waals surface area contributed by atoms with Crippen molar-refractivity contribution in [2.45, 2.75) is 38.3 Å². The molecule has 104 valence electrons. The number of hydrogen-bond donors (Lipinski definition) is 1. The molecule has 1 aromatic rings. The maximum Gasteiger partial charge on any atom is 0.270 e. The molecule has 0 aliphatic carbocycles. The van der Waals surface area contributed by atoms with Crippen LogP contribution in [0.5, 0.6) is 0 Å². The number of piperazine rings is 1. The molecular formula is C14H20BrN3O. The van der Waals surface area contributed by atoms with Gasteiger partial charge in [-0.3, -0.25) is 9.69 Å². The summed E-state index contributed by atoms with van der Waals surface area (Å²) in [4.78, 5) is 20.2. The molecule has 0 bridgehead atoms. The molecule has 4 nitrogen and oxygen atoms in total. The third-order valence-corrected chi connectivity index (χ3v) is 4.78. The number of halogens is 1. The number of aromatic nitrogens is 1. The van der Waals surface area contributed by atoms with Gasteiger partial charge in [-0.25, -0.2) is 0 Å². The van der Waals surface area contributed by atoms with Crippen molar-refractivity contribution in [1.82, 2.24) is 14.8 Å². The van der Waals surface area contributed by atoms with Gasteiger partial charge in [0.2, 0.25) is 0 Å². The molecule has 0 saturated carbocycles. The Bertz CT molecular complexity index is 473. The van der Waals surface area contributed by atoms with Crippen molar-refractivity contribution in [3.8, 4) is 0 Å². The number of aromatic amines is 1. The van der Waals surface area contributed by atoms with E-state index in [1.54, 1.807) is 0 Å². The summed E-state index contributed by atoms with van der Waals surface area (Å²) in [6, 6.07) is 2.72. The second-order valence-electron chi connectivity index (χ2n) is 5.68. The van der Waals surface area contributed by atoms with Gasteiger partial charge in [-0.05, 0) is 48.3 Å². The first-order valence-electron chi connectivity index (χ1n) is 7.04. The largest absolute Gasteiger partial charge is 0.356 e. The van der Waals surface area contributed by atoms with Crippen LogP contribution >= 0.6 is 15.9 Å². The number of piperidine rings is 1. The van der Waals surface area contributed by atoms with Crippen LogP contribution in [0.2, 0.25) is 0 Å². The van der Waals surface area contributed by atoms with E-state index in [4.69, 9.17) is 0 Å². The summed E-state index contributed by atoms with van der Waals surface area (Å²) in [5.41, 5.74) is 0.683. The summed E-state index contributed by atoms with van der Waals surface area (Å²) in [5.74, 6) is 0.128. The summed E-state index contributed by atoms with van der Waals surface area (Å²) < 4.78 is 0.930. The Hall–Kier alpha value is -0.810.